The number of fused-ring (bicyclic) bond motifs is 3. The predicted molar refractivity (Wildman–Crippen MR) is 85.9 cm³/mol. The lowest BCUT2D eigenvalue weighted by Gasteiger charge is -2.05. The normalized spacial score (nSPS) is 11.1. The molecule has 0 amide bonds. The first-order valence-electron chi connectivity index (χ1n) is 6.86. The fourth-order valence-electron chi connectivity index (χ4n) is 2.56. The van der Waals surface area contributed by atoms with Crippen LogP contribution in [0.4, 0.5) is 11.5 Å². The van der Waals surface area contributed by atoms with Gasteiger partial charge in [0.05, 0.1) is 0 Å². The standard InChI is InChI=1S/C17H14N4/c1-11-7-8-14-13(9-11)15-16(21-14)17(19-10-18-15)20-12-5-3-2-4-6-12/h2-10,21H,1H3,(H,18,19,20). The summed E-state index contributed by atoms with van der Waals surface area (Å²) >= 11 is 0. The lowest BCUT2D eigenvalue weighted by atomic mass is 10.1. The van der Waals surface area contributed by atoms with Gasteiger partial charge < -0.3 is 10.3 Å². The van der Waals surface area contributed by atoms with E-state index in [9.17, 15) is 0 Å². The van der Waals surface area contributed by atoms with Crippen LogP contribution in [0, 0.1) is 6.92 Å². The van der Waals surface area contributed by atoms with Crippen LogP contribution in [0.15, 0.2) is 54.9 Å². The molecule has 4 aromatic rings. The fourth-order valence-corrected chi connectivity index (χ4v) is 2.56. The van der Waals surface area contributed by atoms with Gasteiger partial charge in [-0.2, -0.15) is 0 Å². The number of nitrogens with one attached hydrogen (secondary N) is 2. The van der Waals surface area contributed by atoms with Crippen LogP contribution in [0.3, 0.4) is 0 Å². The number of aryl methyl sites for hydroxylation is 1. The maximum atomic E-state index is 4.43. The van der Waals surface area contributed by atoms with Crippen molar-refractivity contribution in [1.82, 2.24) is 15.0 Å². The smallest absolute Gasteiger partial charge is 0.158 e. The molecule has 0 aliphatic rings. The third kappa shape index (κ3) is 2.01. The van der Waals surface area contributed by atoms with Crippen molar-refractivity contribution >= 4 is 33.4 Å². The van der Waals surface area contributed by atoms with E-state index in [2.05, 4.69) is 45.4 Å². The van der Waals surface area contributed by atoms with E-state index in [1.165, 1.54) is 5.56 Å². The number of para-hydroxylation sites is 1. The number of aromatic nitrogens is 3. The van der Waals surface area contributed by atoms with Crippen molar-refractivity contribution in [3.05, 3.63) is 60.4 Å². The molecule has 102 valence electrons. The molecule has 21 heavy (non-hydrogen) atoms. The Hall–Kier alpha value is -2.88. The predicted octanol–water partition coefficient (Wildman–Crippen LogP) is 4.16. The number of benzene rings is 2. The van der Waals surface area contributed by atoms with Crippen molar-refractivity contribution in [2.45, 2.75) is 6.92 Å². The summed E-state index contributed by atoms with van der Waals surface area (Å²) < 4.78 is 0. The Morgan fingerprint density at radius 1 is 1.00 bits per heavy atom. The molecule has 0 aliphatic carbocycles. The van der Waals surface area contributed by atoms with Crippen LogP contribution in [0.5, 0.6) is 0 Å². The van der Waals surface area contributed by atoms with Crippen molar-refractivity contribution in [3.63, 3.8) is 0 Å². The molecule has 0 saturated heterocycles. The Morgan fingerprint density at radius 3 is 2.71 bits per heavy atom. The van der Waals surface area contributed by atoms with Gasteiger partial charge in [0.15, 0.2) is 5.82 Å². The Labute approximate surface area is 121 Å². The van der Waals surface area contributed by atoms with Crippen LogP contribution in [0.1, 0.15) is 5.56 Å². The molecule has 0 atom stereocenters. The van der Waals surface area contributed by atoms with Crippen LogP contribution >= 0.6 is 0 Å². The van der Waals surface area contributed by atoms with Crippen molar-refractivity contribution in [2.75, 3.05) is 5.32 Å². The van der Waals surface area contributed by atoms with E-state index in [1.54, 1.807) is 6.33 Å². The van der Waals surface area contributed by atoms with Gasteiger partial charge in [-0.3, -0.25) is 0 Å². The zero-order valence-corrected chi connectivity index (χ0v) is 11.6. The van der Waals surface area contributed by atoms with Gasteiger partial charge in [-0.1, -0.05) is 29.8 Å². The van der Waals surface area contributed by atoms with Gasteiger partial charge >= 0.3 is 0 Å². The molecule has 4 nitrogen and oxygen atoms in total. The first-order valence-corrected chi connectivity index (χ1v) is 6.86. The highest BCUT2D eigenvalue weighted by Gasteiger charge is 2.10. The van der Waals surface area contributed by atoms with Gasteiger partial charge in [-0.25, -0.2) is 9.97 Å². The summed E-state index contributed by atoms with van der Waals surface area (Å²) in [6, 6.07) is 16.3. The topological polar surface area (TPSA) is 53.6 Å². The molecule has 2 aromatic heterocycles. The number of rotatable bonds is 2. The van der Waals surface area contributed by atoms with E-state index in [4.69, 9.17) is 0 Å². The minimum atomic E-state index is 0.792. The highest BCUT2D eigenvalue weighted by Crippen LogP contribution is 2.29. The largest absolute Gasteiger partial charge is 0.350 e. The monoisotopic (exact) mass is 274 g/mol. The fraction of sp³-hybridized carbons (Fsp3) is 0.0588. The van der Waals surface area contributed by atoms with Gasteiger partial charge in [0.2, 0.25) is 0 Å². The first-order chi connectivity index (χ1) is 10.3. The molecule has 2 aromatic carbocycles. The molecule has 2 heterocycles. The second kappa shape index (κ2) is 4.59. The van der Waals surface area contributed by atoms with Crippen LogP contribution < -0.4 is 5.32 Å². The minimum absolute atomic E-state index is 0.792. The SMILES string of the molecule is Cc1ccc2[nH]c3c(Nc4ccccc4)ncnc3c2c1. The summed E-state index contributed by atoms with van der Waals surface area (Å²) in [5, 5.41) is 4.47. The molecule has 0 radical (unpaired) electrons. The van der Waals surface area contributed by atoms with Crippen molar-refractivity contribution < 1.29 is 0 Å². The van der Waals surface area contributed by atoms with Crippen molar-refractivity contribution in [3.8, 4) is 0 Å². The molecular formula is C17H14N4. The highest BCUT2D eigenvalue weighted by molar-refractivity contribution is 6.08. The third-order valence-corrected chi connectivity index (χ3v) is 3.57. The Balaban J connectivity index is 1.92. The van der Waals surface area contributed by atoms with Gasteiger partial charge in [0, 0.05) is 16.6 Å². The lowest BCUT2D eigenvalue weighted by molar-refractivity contribution is 1.22. The van der Waals surface area contributed by atoms with Crippen LogP contribution in [-0.2, 0) is 0 Å². The number of nitrogens with zero attached hydrogens (tertiary/aromatic N) is 2. The van der Waals surface area contributed by atoms with E-state index in [0.29, 0.717) is 0 Å². The molecule has 0 unspecified atom stereocenters. The van der Waals surface area contributed by atoms with Crippen molar-refractivity contribution in [1.29, 1.82) is 0 Å². The first kappa shape index (κ1) is 11.9. The molecule has 0 aliphatic heterocycles. The maximum Gasteiger partial charge on any atom is 0.158 e. The second-order valence-electron chi connectivity index (χ2n) is 5.11. The van der Waals surface area contributed by atoms with E-state index in [1.807, 2.05) is 30.3 Å². The quantitative estimate of drug-likeness (QED) is 0.577. The maximum absolute atomic E-state index is 4.43. The molecule has 2 N–H and O–H groups in total. The molecule has 0 bridgehead atoms. The summed E-state index contributed by atoms with van der Waals surface area (Å²) in [4.78, 5) is 12.2. The summed E-state index contributed by atoms with van der Waals surface area (Å²) in [6.07, 6.45) is 1.60. The van der Waals surface area contributed by atoms with E-state index in [-0.39, 0.29) is 0 Å². The summed E-state index contributed by atoms with van der Waals surface area (Å²) in [5.74, 6) is 0.792. The van der Waals surface area contributed by atoms with E-state index < -0.39 is 0 Å². The minimum Gasteiger partial charge on any atom is -0.350 e. The highest BCUT2D eigenvalue weighted by atomic mass is 15.0. The van der Waals surface area contributed by atoms with Gasteiger partial charge in [0.25, 0.3) is 0 Å². The molecule has 4 heteroatoms. The van der Waals surface area contributed by atoms with E-state index >= 15 is 0 Å². The van der Waals surface area contributed by atoms with Crippen LogP contribution in [-0.4, -0.2) is 15.0 Å². The average Bonchev–Trinajstić information content (AvgIpc) is 2.88. The van der Waals surface area contributed by atoms with Crippen molar-refractivity contribution in [2.24, 2.45) is 0 Å². The van der Waals surface area contributed by atoms with Gasteiger partial charge in [-0.15, -0.1) is 0 Å². The number of H-pyrrole nitrogens is 1. The van der Waals surface area contributed by atoms with Crippen LogP contribution in [0.25, 0.3) is 21.9 Å². The van der Waals surface area contributed by atoms with Gasteiger partial charge in [-0.05, 0) is 31.2 Å². The summed E-state index contributed by atoms with van der Waals surface area (Å²) in [6.45, 7) is 2.09. The Morgan fingerprint density at radius 2 is 1.86 bits per heavy atom. The third-order valence-electron chi connectivity index (χ3n) is 3.57. The molecule has 4 rings (SSSR count). The van der Waals surface area contributed by atoms with Gasteiger partial charge in [0.1, 0.15) is 17.4 Å². The van der Waals surface area contributed by atoms with Crippen LogP contribution in [0.2, 0.25) is 0 Å². The number of hydrogen-bond acceptors (Lipinski definition) is 3. The number of anilines is 2. The second-order valence-corrected chi connectivity index (χ2v) is 5.11. The zero-order valence-electron chi connectivity index (χ0n) is 11.6. The summed E-state index contributed by atoms with van der Waals surface area (Å²) in [7, 11) is 0. The molecule has 0 spiro atoms. The van der Waals surface area contributed by atoms with E-state index in [0.717, 1.165) is 33.4 Å². The average molecular weight is 274 g/mol. The Bertz CT molecular complexity index is 925. The number of hydrogen-bond donors (Lipinski definition) is 2. The lowest BCUT2D eigenvalue weighted by Crippen LogP contribution is -1.95. The number of aromatic amines is 1. The molecule has 0 fully saturated rings. The Kier molecular flexibility index (Phi) is 2.60. The molecular weight excluding hydrogens is 260 g/mol. The summed E-state index contributed by atoms with van der Waals surface area (Å²) in [5.41, 5.74) is 5.18. The zero-order chi connectivity index (χ0) is 14.2. The molecule has 0 saturated carbocycles.